The van der Waals surface area contributed by atoms with E-state index in [9.17, 15) is 0 Å². The molecule has 4 rings (SSSR count). The molecule has 136 valence electrons. The first-order valence-corrected chi connectivity index (χ1v) is 9.61. The molecule has 5 heteroatoms. The minimum atomic E-state index is 0.226. The SMILES string of the molecule is CC(NCc1cnn(C2CCOCC2)c1)c1ccc(Cl)c2ccccc12. The van der Waals surface area contributed by atoms with Crippen molar-refractivity contribution >= 4 is 22.4 Å². The van der Waals surface area contributed by atoms with Gasteiger partial charge in [0.25, 0.3) is 0 Å². The van der Waals surface area contributed by atoms with Gasteiger partial charge in [-0.2, -0.15) is 5.10 Å². The van der Waals surface area contributed by atoms with Gasteiger partial charge >= 0.3 is 0 Å². The highest BCUT2D eigenvalue weighted by atomic mass is 35.5. The molecule has 1 unspecified atom stereocenters. The van der Waals surface area contributed by atoms with Gasteiger partial charge in [-0.25, -0.2) is 0 Å². The van der Waals surface area contributed by atoms with E-state index in [2.05, 4.69) is 52.5 Å². The Morgan fingerprint density at radius 2 is 1.96 bits per heavy atom. The summed E-state index contributed by atoms with van der Waals surface area (Å²) in [7, 11) is 0. The van der Waals surface area contributed by atoms with E-state index in [0.717, 1.165) is 43.0 Å². The van der Waals surface area contributed by atoms with E-state index in [-0.39, 0.29) is 6.04 Å². The van der Waals surface area contributed by atoms with Gasteiger partial charge in [-0.05, 0) is 36.8 Å². The topological polar surface area (TPSA) is 39.1 Å². The average Bonchev–Trinajstić information content (AvgIpc) is 3.16. The van der Waals surface area contributed by atoms with E-state index < -0.39 is 0 Å². The van der Waals surface area contributed by atoms with Crippen LogP contribution in [0.3, 0.4) is 0 Å². The molecule has 1 N–H and O–H groups in total. The lowest BCUT2D eigenvalue weighted by atomic mass is 9.99. The van der Waals surface area contributed by atoms with Crippen LogP contribution in [-0.2, 0) is 11.3 Å². The van der Waals surface area contributed by atoms with Gasteiger partial charge in [0.2, 0.25) is 0 Å². The monoisotopic (exact) mass is 369 g/mol. The van der Waals surface area contributed by atoms with Gasteiger partial charge in [0.1, 0.15) is 0 Å². The minimum Gasteiger partial charge on any atom is -0.381 e. The van der Waals surface area contributed by atoms with Gasteiger partial charge in [0.15, 0.2) is 0 Å². The molecule has 0 amide bonds. The molecule has 1 aliphatic rings. The number of rotatable bonds is 5. The highest BCUT2D eigenvalue weighted by Gasteiger charge is 2.17. The Morgan fingerprint density at radius 1 is 1.19 bits per heavy atom. The number of benzene rings is 2. The van der Waals surface area contributed by atoms with Gasteiger partial charge in [-0.3, -0.25) is 4.68 Å². The van der Waals surface area contributed by atoms with Gasteiger partial charge in [0, 0.05) is 48.0 Å². The lowest BCUT2D eigenvalue weighted by Gasteiger charge is -2.22. The number of nitrogens with one attached hydrogen (secondary N) is 1. The van der Waals surface area contributed by atoms with Crippen molar-refractivity contribution in [2.45, 2.75) is 38.4 Å². The number of ether oxygens (including phenoxy) is 1. The summed E-state index contributed by atoms with van der Waals surface area (Å²) in [5.74, 6) is 0. The summed E-state index contributed by atoms with van der Waals surface area (Å²) in [6.07, 6.45) is 6.22. The van der Waals surface area contributed by atoms with Crippen molar-refractivity contribution in [3.05, 3.63) is 64.9 Å². The quantitative estimate of drug-likeness (QED) is 0.695. The Labute approximate surface area is 159 Å². The smallest absolute Gasteiger partial charge is 0.0563 e. The van der Waals surface area contributed by atoms with Gasteiger partial charge in [-0.15, -0.1) is 0 Å². The molecule has 2 aromatic carbocycles. The normalized spacial score (nSPS) is 16.8. The summed E-state index contributed by atoms with van der Waals surface area (Å²) in [5, 5.41) is 11.3. The zero-order valence-corrected chi connectivity index (χ0v) is 15.7. The molecular weight excluding hydrogens is 346 g/mol. The Bertz CT molecular complexity index is 886. The fraction of sp³-hybridized carbons (Fsp3) is 0.381. The number of fused-ring (bicyclic) bond motifs is 1. The molecule has 26 heavy (non-hydrogen) atoms. The molecule has 2 heterocycles. The highest BCUT2D eigenvalue weighted by Crippen LogP contribution is 2.30. The van der Waals surface area contributed by atoms with Crippen LogP contribution < -0.4 is 5.32 Å². The van der Waals surface area contributed by atoms with Gasteiger partial charge in [-0.1, -0.05) is 41.9 Å². The fourth-order valence-electron chi connectivity index (χ4n) is 3.66. The van der Waals surface area contributed by atoms with Crippen molar-refractivity contribution in [1.82, 2.24) is 15.1 Å². The van der Waals surface area contributed by atoms with E-state index in [1.807, 2.05) is 18.3 Å². The third-order valence-corrected chi connectivity index (χ3v) is 5.53. The van der Waals surface area contributed by atoms with Crippen LogP contribution in [0.5, 0.6) is 0 Å². The molecule has 0 aliphatic carbocycles. The Kier molecular flexibility index (Phi) is 5.25. The Hall–Kier alpha value is -1.88. The first kappa shape index (κ1) is 17.5. The van der Waals surface area contributed by atoms with Gasteiger partial charge < -0.3 is 10.1 Å². The average molecular weight is 370 g/mol. The first-order chi connectivity index (χ1) is 12.7. The molecule has 1 fully saturated rings. The van der Waals surface area contributed by atoms with Crippen molar-refractivity contribution in [2.75, 3.05) is 13.2 Å². The largest absolute Gasteiger partial charge is 0.381 e. The zero-order valence-electron chi connectivity index (χ0n) is 15.0. The molecule has 1 aromatic heterocycles. The molecule has 0 spiro atoms. The molecular formula is C21H24ClN3O. The molecule has 4 nitrogen and oxygen atoms in total. The summed E-state index contributed by atoms with van der Waals surface area (Å²) in [6, 6.07) is 13.1. The third-order valence-electron chi connectivity index (χ3n) is 5.20. The summed E-state index contributed by atoms with van der Waals surface area (Å²) >= 11 is 6.34. The van der Waals surface area contributed by atoms with Crippen LogP contribution in [0, 0.1) is 0 Å². The van der Waals surface area contributed by atoms with Crippen molar-refractivity contribution in [3.63, 3.8) is 0 Å². The van der Waals surface area contributed by atoms with E-state index in [4.69, 9.17) is 16.3 Å². The van der Waals surface area contributed by atoms with Crippen LogP contribution in [0.4, 0.5) is 0 Å². The first-order valence-electron chi connectivity index (χ1n) is 9.23. The van der Waals surface area contributed by atoms with Gasteiger partial charge in [0.05, 0.1) is 12.2 Å². The number of nitrogens with zero attached hydrogens (tertiary/aromatic N) is 2. The van der Waals surface area contributed by atoms with E-state index in [0.29, 0.717) is 6.04 Å². The maximum Gasteiger partial charge on any atom is 0.0563 e. The van der Waals surface area contributed by atoms with Crippen LogP contribution in [0.15, 0.2) is 48.8 Å². The van der Waals surface area contributed by atoms with Crippen LogP contribution in [0.1, 0.15) is 43.0 Å². The molecule has 3 aromatic rings. The van der Waals surface area contributed by atoms with Crippen molar-refractivity contribution in [3.8, 4) is 0 Å². The highest BCUT2D eigenvalue weighted by molar-refractivity contribution is 6.35. The van der Waals surface area contributed by atoms with Crippen LogP contribution in [0.2, 0.25) is 5.02 Å². The van der Waals surface area contributed by atoms with Crippen molar-refractivity contribution in [1.29, 1.82) is 0 Å². The van der Waals surface area contributed by atoms with Crippen LogP contribution >= 0.6 is 11.6 Å². The second-order valence-corrected chi connectivity index (χ2v) is 7.36. The Balaban J connectivity index is 1.45. The molecule has 0 saturated carbocycles. The maximum absolute atomic E-state index is 6.34. The zero-order chi connectivity index (χ0) is 17.9. The number of hydrogen-bond donors (Lipinski definition) is 1. The molecule has 0 radical (unpaired) electrons. The number of aromatic nitrogens is 2. The second-order valence-electron chi connectivity index (χ2n) is 6.96. The minimum absolute atomic E-state index is 0.226. The molecule has 1 aliphatic heterocycles. The van der Waals surface area contributed by atoms with Crippen LogP contribution in [0.25, 0.3) is 10.8 Å². The van der Waals surface area contributed by atoms with E-state index in [1.54, 1.807) is 0 Å². The van der Waals surface area contributed by atoms with Crippen LogP contribution in [-0.4, -0.2) is 23.0 Å². The standard InChI is InChI=1S/C21H24ClN3O/c1-15(18-6-7-21(22)20-5-3-2-4-19(18)20)23-12-16-13-24-25(14-16)17-8-10-26-11-9-17/h2-7,13-15,17,23H,8-12H2,1H3. The second kappa shape index (κ2) is 7.78. The number of halogens is 1. The van der Waals surface area contributed by atoms with Crippen molar-refractivity contribution < 1.29 is 4.74 Å². The summed E-state index contributed by atoms with van der Waals surface area (Å²) in [5.41, 5.74) is 2.48. The summed E-state index contributed by atoms with van der Waals surface area (Å²) in [4.78, 5) is 0. The van der Waals surface area contributed by atoms with E-state index in [1.165, 1.54) is 16.5 Å². The third kappa shape index (κ3) is 3.63. The fourth-order valence-corrected chi connectivity index (χ4v) is 3.89. The maximum atomic E-state index is 6.34. The predicted molar refractivity (Wildman–Crippen MR) is 106 cm³/mol. The molecule has 0 bridgehead atoms. The summed E-state index contributed by atoms with van der Waals surface area (Å²) in [6.45, 7) is 4.65. The lowest BCUT2D eigenvalue weighted by Crippen LogP contribution is -2.20. The summed E-state index contributed by atoms with van der Waals surface area (Å²) < 4.78 is 7.54. The Morgan fingerprint density at radius 3 is 2.77 bits per heavy atom. The lowest BCUT2D eigenvalue weighted by molar-refractivity contribution is 0.0662. The molecule has 1 saturated heterocycles. The predicted octanol–water partition coefficient (Wildman–Crippen LogP) is 4.89. The van der Waals surface area contributed by atoms with E-state index >= 15 is 0 Å². The van der Waals surface area contributed by atoms with Crippen molar-refractivity contribution in [2.24, 2.45) is 0 Å². The molecule has 1 atom stereocenters. The number of hydrogen-bond acceptors (Lipinski definition) is 3.